The van der Waals surface area contributed by atoms with Crippen LogP contribution in [0.25, 0.3) is 0 Å². The molecule has 0 spiro atoms. The van der Waals surface area contributed by atoms with E-state index in [0.717, 1.165) is 18.1 Å². The van der Waals surface area contributed by atoms with Gasteiger partial charge in [-0.15, -0.1) is 0 Å². The number of fused-ring (bicyclic) bond motifs is 2. The van der Waals surface area contributed by atoms with Gasteiger partial charge in [-0.3, -0.25) is 9.80 Å². The van der Waals surface area contributed by atoms with Gasteiger partial charge >= 0.3 is 0 Å². The van der Waals surface area contributed by atoms with Crippen LogP contribution in [-0.4, -0.2) is 46.6 Å². The molecular weight excluding hydrogens is 172 g/mol. The minimum absolute atomic E-state index is 0.384. The molecule has 2 heterocycles. The molecule has 3 rings (SSSR count). The molecule has 2 atom stereocenters. The summed E-state index contributed by atoms with van der Waals surface area (Å²) in [5.41, 5.74) is 0.384. The van der Waals surface area contributed by atoms with Crippen LogP contribution >= 0.6 is 0 Å². The van der Waals surface area contributed by atoms with Gasteiger partial charge in [-0.2, -0.15) is 0 Å². The Morgan fingerprint density at radius 2 is 1.64 bits per heavy atom. The van der Waals surface area contributed by atoms with E-state index in [0.29, 0.717) is 5.54 Å². The molecule has 2 bridgehead atoms. The second-order valence-electron chi connectivity index (χ2n) is 6.29. The van der Waals surface area contributed by atoms with Crippen LogP contribution in [0.3, 0.4) is 0 Å². The SMILES string of the molecule is CC(C)(C)N1C[C@@H]2C[C@H]1CN2C1CC1. The molecule has 14 heavy (non-hydrogen) atoms. The molecule has 2 nitrogen and oxygen atoms in total. The summed E-state index contributed by atoms with van der Waals surface area (Å²) in [6.45, 7) is 9.75. The first-order chi connectivity index (χ1) is 6.55. The lowest BCUT2D eigenvalue weighted by molar-refractivity contribution is 0.0543. The zero-order valence-corrected chi connectivity index (χ0v) is 9.66. The van der Waals surface area contributed by atoms with Crippen LogP contribution in [0, 0.1) is 0 Å². The molecule has 3 fully saturated rings. The van der Waals surface area contributed by atoms with E-state index < -0.39 is 0 Å². The zero-order valence-electron chi connectivity index (χ0n) is 9.66. The van der Waals surface area contributed by atoms with E-state index >= 15 is 0 Å². The Morgan fingerprint density at radius 3 is 2.07 bits per heavy atom. The van der Waals surface area contributed by atoms with E-state index in [2.05, 4.69) is 30.6 Å². The third-order valence-corrected chi connectivity index (χ3v) is 4.16. The fourth-order valence-electron chi connectivity index (χ4n) is 3.37. The van der Waals surface area contributed by atoms with Gasteiger partial charge in [-0.05, 0) is 40.0 Å². The maximum atomic E-state index is 2.78. The highest BCUT2D eigenvalue weighted by atomic mass is 15.4. The van der Waals surface area contributed by atoms with Crippen molar-refractivity contribution in [3.05, 3.63) is 0 Å². The Balaban J connectivity index is 1.70. The minimum Gasteiger partial charge on any atom is -0.295 e. The topological polar surface area (TPSA) is 6.48 Å². The lowest BCUT2D eigenvalue weighted by Gasteiger charge is -2.42. The van der Waals surface area contributed by atoms with E-state index in [1.165, 1.54) is 32.4 Å². The molecule has 0 aromatic rings. The van der Waals surface area contributed by atoms with Gasteiger partial charge in [-0.1, -0.05) is 0 Å². The molecule has 0 aromatic heterocycles. The van der Waals surface area contributed by atoms with E-state index in [9.17, 15) is 0 Å². The highest BCUT2D eigenvalue weighted by molar-refractivity contribution is 5.06. The van der Waals surface area contributed by atoms with Crippen molar-refractivity contribution < 1.29 is 0 Å². The average molecular weight is 194 g/mol. The van der Waals surface area contributed by atoms with E-state index in [1.807, 2.05) is 0 Å². The van der Waals surface area contributed by atoms with Gasteiger partial charge in [0.15, 0.2) is 0 Å². The van der Waals surface area contributed by atoms with Crippen molar-refractivity contribution in [2.45, 2.75) is 63.7 Å². The summed E-state index contributed by atoms with van der Waals surface area (Å²) in [5.74, 6) is 0. The van der Waals surface area contributed by atoms with Gasteiger partial charge in [-0.25, -0.2) is 0 Å². The van der Waals surface area contributed by atoms with Crippen molar-refractivity contribution in [1.82, 2.24) is 9.80 Å². The van der Waals surface area contributed by atoms with Crippen molar-refractivity contribution in [3.63, 3.8) is 0 Å². The quantitative estimate of drug-likeness (QED) is 0.627. The van der Waals surface area contributed by atoms with Crippen molar-refractivity contribution in [2.24, 2.45) is 0 Å². The van der Waals surface area contributed by atoms with Crippen molar-refractivity contribution >= 4 is 0 Å². The molecule has 0 unspecified atom stereocenters. The number of piperazine rings is 1. The fraction of sp³-hybridized carbons (Fsp3) is 1.00. The second kappa shape index (κ2) is 2.73. The molecule has 2 heteroatoms. The number of nitrogens with zero attached hydrogens (tertiary/aromatic N) is 2. The van der Waals surface area contributed by atoms with Gasteiger partial charge in [0.25, 0.3) is 0 Å². The van der Waals surface area contributed by atoms with Crippen LogP contribution in [0.4, 0.5) is 0 Å². The van der Waals surface area contributed by atoms with E-state index in [-0.39, 0.29) is 0 Å². The summed E-state index contributed by atoms with van der Waals surface area (Å²) in [7, 11) is 0. The molecular formula is C12H22N2. The standard InChI is InChI=1S/C12H22N2/c1-12(2,3)14-8-10-6-11(14)7-13(10)9-4-5-9/h9-11H,4-8H2,1-3H3/t10-,11-/m0/s1. The first-order valence-electron chi connectivity index (χ1n) is 6.08. The minimum atomic E-state index is 0.384. The molecule has 2 saturated heterocycles. The Kier molecular flexibility index (Phi) is 1.79. The molecule has 2 aliphatic heterocycles. The maximum absolute atomic E-state index is 2.78. The third kappa shape index (κ3) is 1.31. The summed E-state index contributed by atoms with van der Waals surface area (Å²) in [5, 5.41) is 0. The number of rotatable bonds is 1. The first-order valence-corrected chi connectivity index (χ1v) is 6.08. The molecule has 0 radical (unpaired) electrons. The van der Waals surface area contributed by atoms with Crippen LogP contribution in [0.15, 0.2) is 0 Å². The van der Waals surface area contributed by atoms with Crippen LogP contribution in [0.2, 0.25) is 0 Å². The summed E-state index contributed by atoms with van der Waals surface area (Å²) in [6, 6.07) is 2.74. The van der Waals surface area contributed by atoms with Crippen molar-refractivity contribution in [1.29, 1.82) is 0 Å². The molecule has 1 aliphatic carbocycles. The molecule has 0 N–H and O–H groups in total. The second-order valence-corrected chi connectivity index (χ2v) is 6.29. The van der Waals surface area contributed by atoms with E-state index in [1.54, 1.807) is 0 Å². The lowest BCUT2D eigenvalue weighted by atomic mass is 10.0. The van der Waals surface area contributed by atoms with Gasteiger partial charge in [0, 0.05) is 36.8 Å². The fourth-order valence-corrected chi connectivity index (χ4v) is 3.37. The average Bonchev–Trinajstić information content (AvgIpc) is 2.73. The number of hydrogen-bond donors (Lipinski definition) is 0. The lowest BCUT2D eigenvalue weighted by Crippen LogP contribution is -2.53. The first kappa shape index (κ1) is 9.17. The highest BCUT2D eigenvalue weighted by Gasteiger charge is 2.50. The third-order valence-electron chi connectivity index (χ3n) is 4.16. The van der Waals surface area contributed by atoms with Crippen LogP contribution in [0.5, 0.6) is 0 Å². The monoisotopic (exact) mass is 194 g/mol. The predicted molar refractivity (Wildman–Crippen MR) is 58.4 cm³/mol. The largest absolute Gasteiger partial charge is 0.295 e. The Labute approximate surface area is 87.3 Å². The zero-order chi connectivity index (χ0) is 9.92. The van der Waals surface area contributed by atoms with Crippen molar-refractivity contribution in [3.8, 4) is 0 Å². The van der Waals surface area contributed by atoms with Gasteiger partial charge in [0.1, 0.15) is 0 Å². The highest BCUT2D eigenvalue weighted by Crippen LogP contribution is 2.41. The predicted octanol–water partition coefficient (Wildman–Crippen LogP) is 1.71. The number of likely N-dealkylation sites (tertiary alicyclic amines) is 2. The Bertz CT molecular complexity index is 239. The summed E-state index contributed by atoms with van der Waals surface area (Å²) in [6.07, 6.45) is 4.38. The molecule has 3 aliphatic rings. The molecule has 0 aromatic carbocycles. The van der Waals surface area contributed by atoms with Crippen LogP contribution in [0.1, 0.15) is 40.0 Å². The maximum Gasteiger partial charge on any atom is 0.0244 e. The summed E-state index contributed by atoms with van der Waals surface area (Å²) < 4.78 is 0. The Morgan fingerprint density at radius 1 is 0.929 bits per heavy atom. The van der Waals surface area contributed by atoms with Crippen molar-refractivity contribution in [2.75, 3.05) is 13.1 Å². The molecule has 80 valence electrons. The van der Waals surface area contributed by atoms with Gasteiger partial charge in [0.05, 0.1) is 0 Å². The Hall–Kier alpha value is -0.0800. The van der Waals surface area contributed by atoms with Gasteiger partial charge in [0.2, 0.25) is 0 Å². The number of hydrogen-bond acceptors (Lipinski definition) is 2. The van der Waals surface area contributed by atoms with Crippen LogP contribution in [-0.2, 0) is 0 Å². The van der Waals surface area contributed by atoms with E-state index in [4.69, 9.17) is 0 Å². The molecule has 1 saturated carbocycles. The van der Waals surface area contributed by atoms with Crippen LogP contribution < -0.4 is 0 Å². The normalized spacial score (nSPS) is 39.6. The summed E-state index contributed by atoms with van der Waals surface area (Å²) >= 11 is 0. The smallest absolute Gasteiger partial charge is 0.0244 e. The summed E-state index contributed by atoms with van der Waals surface area (Å²) in [4.78, 5) is 5.50. The molecule has 0 amide bonds. The van der Waals surface area contributed by atoms with Gasteiger partial charge < -0.3 is 0 Å².